The lowest BCUT2D eigenvalue weighted by Gasteiger charge is -2.21. The van der Waals surface area contributed by atoms with Gasteiger partial charge in [0.25, 0.3) is 0 Å². The average molecular weight is 767 g/mol. The molecule has 0 bridgehead atoms. The van der Waals surface area contributed by atoms with E-state index in [0.29, 0.717) is 46.0 Å². The van der Waals surface area contributed by atoms with Gasteiger partial charge >= 0.3 is 6.09 Å². The van der Waals surface area contributed by atoms with Gasteiger partial charge in [0.05, 0.1) is 19.8 Å². The molecule has 0 aromatic rings. The number of rotatable bonds is 44. The Labute approximate surface area is 334 Å². The van der Waals surface area contributed by atoms with E-state index >= 15 is 0 Å². The minimum Gasteiger partial charge on any atom is -0.447 e. The first kappa shape index (κ1) is 52.6. The lowest BCUT2D eigenvalue weighted by Crippen LogP contribution is -2.39. The number of nitrogens with zero attached hydrogens (tertiary/aromatic N) is 1. The topological polar surface area (TPSA) is 100 Å². The van der Waals surface area contributed by atoms with Gasteiger partial charge in [0.1, 0.15) is 12.7 Å². The summed E-state index contributed by atoms with van der Waals surface area (Å²) >= 11 is 0. The predicted molar refractivity (Wildman–Crippen MR) is 229 cm³/mol. The molecular formula is C46H90N2O6. The zero-order chi connectivity index (χ0) is 39.3. The summed E-state index contributed by atoms with van der Waals surface area (Å²) in [5.74, 6) is 0. The van der Waals surface area contributed by atoms with Gasteiger partial charge in [-0.25, -0.2) is 4.79 Å². The zero-order valence-corrected chi connectivity index (χ0v) is 35.7. The molecule has 0 saturated carbocycles. The number of ether oxygens (including phenoxy) is 3. The third-order valence-corrected chi connectivity index (χ3v) is 10.0. The maximum atomic E-state index is 12.4. The maximum Gasteiger partial charge on any atom is 0.407 e. The Kier molecular flexibility index (Phi) is 44.7. The van der Waals surface area contributed by atoms with Crippen LogP contribution in [0.1, 0.15) is 194 Å². The van der Waals surface area contributed by atoms with E-state index in [1.165, 1.54) is 161 Å². The summed E-state index contributed by atoms with van der Waals surface area (Å²) in [5, 5.41) is 21.1. The summed E-state index contributed by atoms with van der Waals surface area (Å²) in [4.78, 5) is 14.3. The number of carbonyl (C=O) groups is 1. The molecule has 0 aromatic heterocycles. The fourth-order valence-electron chi connectivity index (χ4n) is 6.56. The van der Waals surface area contributed by atoms with Crippen LogP contribution in [-0.2, 0) is 14.2 Å². The molecule has 0 aliphatic carbocycles. The highest BCUT2D eigenvalue weighted by Crippen LogP contribution is 2.12. The number of aliphatic hydroxyl groups is 2. The molecule has 0 rings (SSSR count). The van der Waals surface area contributed by atoms with Crippen molar-refractivity contribution in [2.75, 3.05) is 65.8 Å². The molecule has 0 radical (unpaired) electrons. The maximum absolute atomic E-state index is 12.4. The normalized spacial score (nSPS) is 12.5. The van der Waals surface area contributed by atoms with Crippen molar-refractivity contribution in [3.05, 3.63) is 24.3 Å². The van der Waals surface area contributed by atoms with Crippen LogP contribution in [0.5, 0.6) is 0 Å². The van der Waals surface area contributed by atoms with E-state index in [1.54, 1.807) is 0 Å². The molecule has 0 fully saturated rings. The molecule has 1 unspecified atom stereocenters. The lowest BCUT2D eigenvalue weighted by atomic mass is 10.1. The highest BCUT2D eigenvalue weighted by molar-refractivity contribution is 5.67. The third-order valence-electron chi connectivity index (χ3n) is 10.0. The van der Waals surface area contributed by atoms with Crippen LogP contribution in [0.3, 0.4) is 0 Å². The second kappa shape index (κ2) is 45.9. The Morgan fingerprint density at radius 2 is 0.944 bits per heavy atom. The van der Waals surface area contributed by atoms with Crippen LogP contribution in [0.4, 0.5) is 4.79 Å². The molecule has 0 aromatic carbocycles. The van der Waals surface area contributed by atoms with Crippen molar-refractivity contribution in [1.82, 2.24) is 10.2 Å². The molecule has 54 heavy (non-hydrogen) atoms. The number of nitrogens with one attached hydrogen (secondary N) is 1. The van der Waals surface area contributed by atoms with Gasteiger partial charge in [-0.1, -0.05) is 154 Å². The van der Waals surface area contributed by atoms with Crippen LogP contribution in [0.25, 0.3) is 0 Å². The van der Waals surface area contributed by atoms with Gasteiger partial charge < -0.3 is 29.7 Å². The molecule has 3 N–H and O–H groups in total. The Morgan fingerprint density at radius 1 is 0.537 bits per heavy atom. The number of allylic oxidation sites excluding steroid dienone is 4. The van der Waals surface area contributed by atoms with Crippen LogP contribution in [0.15, 0.2) is 24.3 Å². The summed E-state index contributed by atoms with van der Waals surface area (Å²) < 4.78 is 17.6. The molecule has 0 spiro atoms. The predicted octanol–water partition coefficient (Wildman–Crippen LogP) is 11.5. The SMILES string of the molecule is CCCCCCCCC=CCCCCCCCCOCC(COC(=O)NCCN(CCO)CCO)OCCCCCCCCC=CCCCCCCCC. The summed E-state index contributed by atoms with van der Waals surface area (Å²) in [6.07, 6.45) is 44.6. The van der Waals surface area contributed by atoms with Crippen molar-refractivity contribution >= 4 is 6.09 Å². The van der Waals surface area contributed by atoms with Crippen molar-refractivity contribution in [3.63, 3.8) is 0 Å². The van der Waals surface area contributed by atoms with Gasteiger partial charge in [0, 0.05) is 39.4 Å². The molecular weight excluding hydrogens is 677 g/mol. The van der Waals surface area contributed by atoms with Crippen LogP contribution < -0.4 is 5.32 Å². The average Bonchev–Trinajstić information content (AvgIpc) is 3.17. The third kappa shape index (κ3) is 41.7. The summed E-state index contributed by atoms with van der Waals surface area (Å²) in [7, 11) is 0. The van der Waals surface area contributed by atoms with E-state index in [-0.39, 0.29) is 25.9 Å². The fraction of sp³-hybridized carbons (Fsp3) is 0.891. The first-order valence-electron chi connectivity index (χ1n) is 23.0. The van der Waals surface area contributed by atoms with E-state index in [9.17, 15) is 15.0 Å². The van der Waals surface area contributed by atoms with Crippen molar-refractivity contribution in [3.8, 4) is 0 Å². The zero-order valence-electron chi connectivity index (χ0n) is 35.7. The first-order chi connectivity index (χ1) is 26.7. The molecule has 0 aliphatic heterocycles. The smallest absolute Gasteiger partial charge is 0.407 e. The van der Waals surface area contributed by atoms with Gasteiger partial charge in [-0.15, -0.1) is 0 Å². The van der Waals surface area contributed by atoms with Crippen LogP contribution >= 0.6 is 0 Å². The quantitative estimate of drug-likeness (QED) is 0.0419. The van der Waals surface area contributed by atoms with Crippen molar-refractivity contribution < 1.29 is 29.2 Å². The van der Waals surface area contributed by atoms with Crippen LogP contribution in [0, 0.1) is 0 Å². The second-order valence-corrected chi connectivity index (χ2v) is 15.3. The molecule has 0 heterocycles. The van der Waals surface area contributed by atoms with Crippen molar-refractivity contribution in [1.29, 1.82) is 0 Å². The number of unbranched alkanes of at least 4 members (excludes halogenated alkanes) is 24. The van der Waals surface area contributed by atoms with Crippen molar-refractivity contribution in [2.24, 2.45) is 0 Å². The summed E-state index contributed by atoms with van der Waals surface area (Å²) in [6, 6.07) is 0. The van der Waals surface area contributed by atoms with Crippen LogP contribution in [-0.4, -0.2) is 93.1 Å². The number of hydrogen-bond donors (Lipinski definition) is 3. The Morgan fingerprint density at radius 3 is 1.39 bits per heavy atom. The van der Waals surface area contributed by atoms with Gasteiger partial charge in [0.2, 0.25) is 0 Å². The molecule has 1 atom stereocenters. The minimum absolute atomic E-state index is 0.0116. The Hall–Kier alpha value is -1.45. The second-order valence-electron chi connectivity index (χ2n) is 15.3. The van der Waals surface area contributed by atoms with E-state index in [1.807, 2.05) is 4.90 Å². The molecule has 320 valence electrons. The Bertz CT molecular complexity index is 789. The highest BCUT2D eigenvalue weighted by Gasteiger charge is 2.14. The number of alkyl carbamates (subject to hydrolysis) is 1. The van der Waals surface area contributed by atoms with Crippen LogP contribution in [0.2, 0.25) is 0 Å². The van der Waals surface area contributed by atoms with Gasteiger partial charge in [-0.3, -0.25) is 4.90 Å². The van der Waals surface area contributed by atoms with E-state index < -0.39 is 6.09 Å². The van der Waals surface area contributed by atoms with Gasteiger partial charge in [-0.2, -0.15) is 0 Å². The largest absolute Gasteiger partial charge is 0.447 e. The minimum atomic E-state index is -0.484. The van der Waals surface area contributed by atoms with E-state index in [2.05, 4.69) is 43.5 Å². The molecule has 1 amide bonds. The van der Waals surface area contributed by atoms with E-state index in [4.69, 9.17) is 14.2 Å². The van der Waals surface area contributed by atoms with Gasteiger partial charge in [0.15, 0.2) is 0 Å². The number of carbonyl (C=O) groups excluding carboxylic acids is 1. The Balaban J connectivity index is 4.15. The monoisotopic (exact) mass is 767 g/mol. The van der Waals surface area contributed by atoms with Gasteiger partial charge in [-0.05, 0) is 64.2 Å². The molecule has 0 saturated heterocycles. The molecule has 8 heteroatoms. The molecule has 0 aliphatic rings. The van der Waals surface area contributed by atoms with E-state index in [0.717, 1.165) is 19.3 Å². The van der Waals surface area contributed by atoms with Crippen molar-refractivity contribution in [2.45, 2.75) is 200 Å². The number of aliphatic hydroxyl groups excluding tert-OH is 2. The highest BCUT2D eigenvalue weighted by atomic mass is 16.6. The fourth-order valence-corrected chi connectivity index (χ4v) is 6.56. The first-order valence-corrected chi connectivity index (χ1v) is 23.0. The summed E-state index contributed by atoms with van der Waals surface area (Å²) in [6.45, 7) is 8.32. The molecule has 8 nitrogen and oxygen atoms in total. The summed E-state index contributed by atoms with van der Waals surface area (Å²) in [5.41, 5.74) is 0. The number of amides is 1. The lowest BCUT2D eigenvalue weighted by molar-refractivity contribution is -0.0468. The number of hydrogen-bond acceptors (Lipinski definition) is 7. The standard InChI is InChI=1S/C46H90N2O6/c1-3-5-7-9-11-13-15-17-19-21-23-25-27-29-31-33-41-52-43-45(44-54-46(51)47-35-36-48(37-39-49)38-40-50)53-42-34-32-30-28-26-24-22-20-18-16-14-12-10-8-6-4-2/h17-20,45,49-50H,3-16,21-44H2,1-2H3,(H,47,51).